The van der Waals surface area contributed by atoms with Gasteiger partial charge < -0.3 is 30.3 Å². The highest BCUT2D eigenvalue weighted by atomic mass is 16.5. The Kier molecular flexibility index (Phi) is 5.18. The molecule has 5 heterocycles. The number of H-pyrrole nitrogens is 1. The first-order valence-corrected chi connectivity index (χ1v) is 9.14. The molecule has 1 aliphatic heterocycles. The number of nitrogens with one attached hydrogen (secondary N) is 2. The molecular formula is C19H20N8O4. The molecule has 0 amide bonds. The van der Waals surface area contributed by atoms with Gasteiger partial charge in [0.25, 0.3) is 0 Å². The number of imidazole rings is 2. The SMILES string of the molecule is COc1c(-c2ncc[nH]2)n(N)ccc1=O.COc1c2n(ccc1=O)NCn1ccnc1-2. The zero-order valence-corrected chi connectivity index (χ0v) is 16.8. The second kappa shape index (κ2) is 8.10. The Morgan fingerprint density at radius 2 is 1.68 bits per heavy atom. The lowest BCUT2D eigenvalue weighted by Crippen LogP contribution is -2.28. The minimum atomic E-state index is -0.231. The molecule has 4 aromatic heterocycles. The van der Waals surface area contributed by atoms with Crippen molar-refractivity contribution in [2.24, 2.45) is 0 Å². The predicted octanol–water partition coefficient (Wildman–Crippen LogP) is 0.196. The first kappa shape index (κ1) is 19.8. The van der Waals surface area contributed by atoms with E-state index in [1.807, 2.05) is 10.8 Å². The van der Waals surface area contributed by atoms with E-state index in [9.17, 15) is 9.59 Å². The van der Waals surface area contributed by atoms with Gasteiger partial charge >= 0.3 is 0 Å². The molecule has 0 aliphatic carbocycles. The van der Waals surface area contributed by atoms with Gasteiger partial charge in [-0.05, 0) is 0 Å². The summed E-state index contributed by atoms with van der Waals surface area (Å²) in [6.45, 7) is 0.619. The quantitative estimate of drug-likeness (QED) is 0.395. The maximum absolute atomic E-state index is 11.7. The summed E-state index contributed by atoms with van der Waals surface area (Å²) in [6.07, 6.45) is 9.91. The van der Waals surface area contributed by atoms with E-state index in [1.165, 1.54) is 37.2 Å². The molecule has 12 heteroatoms. The lowest BCUT2D eigenvalue weighted by Gasteiger charge is -2.23. The Hall–Kier alpha value is -4.48. The molecule has 4 N–H and O–H groups in total. The molecule has 5 rings (SSSR count). The van der Waals surface area contributed by atoms with Gasteiger partial charge in [0.05, 0.1) is 14.2 Å². The number of aromatic nitrogens is 6. The molecule has 0 fully saturated rings. The average Bonchev–Trinajstić information content (AvgIpc) is 3.47. The molecule has 160 valence electrons. The van der Waals surface area contributed by atoms with Crippen molar-refractivity contribution in [1.82, 2.24) is 28.9 Å². The Labute approximate surface area is 175 Å². The van der Waals surface area contributed by atoms with Crippen molar-refractivity contribution in [3.63, 3.8) is 0 Å². The van der Waals surface area contributed by atoms with Crippen LogP contribution in [0.4, 0.5) is 0 Å². The number of fused-ring (bicyclic) bond motifs is 3. The van der Waals surface area contributed by atoms with Gasteiger partial charge in [-0.15, -0.1) is 0 Å². The highest BCUT2D eigenvalue weighted by molar-refractivity contribution is 5.61. The van der Waals surface area contributed by atoms with Crippen LogP contribution in [0.5, 0.6) is 11.5 Å². The van der Waals surface area contributed by atoms with Crippen molar-refractivity contribution in [2.75, 3.05) is 25.5 Å². The molecule has 0 atom stereocenters. The number of ether oxygens (including phenoxy) is 2. The normalized spacial score (nSPS) is 11.4. The van der Waals surface area contributed by atoms with Crippen LogP contribution < -0.4 is 31.6 Å². The fourth-order valence-corrected chi connectivity index (χ4v) is 3.22. The van der Waals surface area contributed by atoms with E-state index in [2.05, 4.69) is 20.4 Å². The molecule has 0 saturated heterocycles. The molecule has 0 spiro atoms. The summed E-state index contributed by atoms with van der Waals surface area (Å²) in [7, 11) is 2.91. The van der Waals surface area contributed by atoms with E-state index in [0.29, 0.717) is 29.6 Å². The van der Waals surface area contributed by atoms with Gasteiger partial charge in [0.15, 0.2) is 34.5 Å². The number of nitrogens with two attached hydrogens (primary N) is 1. The van der Waals surface area contributed by atoms with Gasteiger partial charge in [0.2, 0.25) is 10.9 Å². The van der Waals surface area contributed by atoms with Gasteiger partial charge in [0.1, 0.15) is 6.67 Å². The van der Waals surface area contributed by atoms with Gasteiger partial charge in [-0.2, -0.15) is 0 Å². The van der Waals surface area contributed by atoms with Crippen molar-refractivity contribution in [3.8, 4) is 34.5 Å². The zero-order valence-electron chi connectivity index (χ0n) is 16.8. The number of nitrogens with zero attached hydrogens (tertiary/aromatic N) is 5. The summed E-state index contributed by atoms with van der Waals surface area (Å²) in [5, 5.41) is 0. The van der Waals surface area contributed by atoms with E-state index < -0.39 is 0 Å². The second-order valence-corrected chi connectivity index (χ2v) is 6.38. The van der Waals surface area contributed by atoms with Gasteiger partial charge in [-0.3, -0.25) is 18.9 Å². The maximum Gasteiger partial charge on any atom is 0.224 e. The zero-order chi connectivity index (χ0) is 22.0. The van der Waals surface area contributed by atoms with Crippen LogP contribution in [0.3, 0.4) is 0 Å². The van der Waals surface area contributed by atoms with Crippen LogP contribution in [-0.2, 0) is 6.67 Å². The molecule has 0 saturated carbocycles. The smallest absolute Gasteiger partial charge is 0.224 e. The Morgan fingerprint density at radius 3 is 2.35 bits per heavy atom. The number of hydrogen-bond donors (Lipinski definition) is 3. The van der Waals surface area contributed by atoms with Crippen LogP contribution in [-0.4, -0.2) is 43.1 Å². The van der Waals surface area contributed by atoms with Crippen molar-refractivity contribution in [3.05, 3.63) is 69.8 Å². The molecule has 0 bridgehead atoms. The molecule has 4 aromatic rings. The van der Waals surface area contributed by atoms with Crippen LogP contribution in [0.15, 0.2) is 58.9 Å². The summed E-state index contributed by atoms with van der Waals surface area (Å²) in [6, 6.07) is 2.80. The molecule has 0 aromatic carbocycles. The molecular weight excluding hydrogens is 404 g/mol. The number of methoxy groups -OCH3 is 2. The minimum absolute atomic E-state index is 0.146. The van der Waals surface area contributed by atoms with Crippen LogP contribution >= 0.6 is 0 Å². The lowest BCUT2D eigenvalue weighted by atomic mass is 10.3. The van der Waals surface area contributed by atoms with Gasteiger partial charge in [0, 0.05) is 49.3 Å². The monoisotopic (exact) mass is 424 g/mol. The highest BCUT2D eigenvalue weighted by Crippen LogP contribution is 2.27. The molecule has 1 aliphatic rings. The maximum atomic E-state index is 11.7. The van der Waals surface area contributed by atoms with Crippen LogP contribution in [0.25, 0.3) is 23.0 Å². The van der Waals surface area contributed by atoms with E-state index in [-0.39, 0.29) is 16.6 Å². The standard InChI is InChI=1S/C10H10N4O2.C9H10N4O2/c1-16-9-7(15)2-4-14-8(9)10-11-3-5-13(10)6-12-14;1-15-8-6(14)2-5-13(10)7(8)9-11-3-4-12-9/h2-5,12H,6H2,1H3;2-5H,10H2,1H3,(H,11,12). The number of rotatable bonds is 3. The minimum Gasteiger partial charge on any atom is -0.491 e. The topological polar surface area (TPSA) is 147 Å². The van der Waals surface area contributed by atoms with Crippen LogP contribution in [0.1, 0.15) is 0 Å². The second-order valence-electron chi connectivity index (χ2n) is 6.38. The van der Waals surface area contributed by atoms with E-state index >= 15 is 0 Å². The average molecular weight is 424 g/mol. The highest BCUT2D eigenvalue weighted by Gasteiger charge is 2.21. The molecule has 12 nitrogen and oxygen atoms in total. The summed E-state index contributed by atoms with van der Waals surface area (Å²) < 4.78 is 15.1. The first-order chi connectivity index (χ1) is 15.0. The fourth-order valence-electron chi connectivity index (χ4n) is 3.22. The first-order valence-electron chi connectivity index (χ1n) is 9.14. The molecule has 0 unspecified atom stereocenters. The van der Waals surface area contributed by atoms with Crippen molar-refractivity contribution in [1.29, 1.82) is 0 Å². The number of pyridine rings is 2. The Bertz CT molecular complexity index is 1320. The number of aromatic amines is 1. The van der Waals surface area contributed by atoms with Gasteiger partial charge in [-0.1, -0.05) is 0 Å². The van der Waals surface area contributed by atoms with Crippen molar-refractivity contribution >= 4 is 0 Å². The fraction of sp³-hybridized carbons (Fsp3) is 0.158. The lowest BCUT2D eigenvalue weighted by molar-refractivity contribution is 0.406. The van der Waals surface area contributed by atoms with Crippen LogP contribution in [0.2, 0.25) is 0 Å². The van der Waals surface area contributed by atoms with Crippen LogP contribution in [0, 0.1) is 0 Å². The summed E-state index contributed by atoms with van der Waals surface area (Å²) >= 11 is 0. The van der Waals surface area contributed by atoms with Crippen molar-refractivity contribution < 1.29 is 9.47 Å². The van der Waals surface area contributed by atoms with E-state index in [1.54, 1.807) is 29.5 Å². The third kappa shape index (κ3) is 3.50. The number of hydrogen-bond acceptors (Lipinski definition) is 8. The molecule has 31 heavy (non-hydrogen) atoms. The van der Waals surface area contributed by atoms with Gasteiger partial charge in [-0.25, -0.2) is 9.97 Å². The Morgan fingerprint density at radius 1 is 0.968 bits per heavy atom. The summed E-state index contributed by atoms with van der Waals surface area (Å²) in [5.41, 5.74) is 3.83. The predicted molar refractivity (Wildman–Crippen MR) is 113 cm³/mol. The van der Waals surface area contributed by atoms with E-state index in [0.717, 1.165) is 5.82 Å². The number of nitrogen functional groups attached to an aromatic ring is 1. The summed E-state index contributed by atoms with van der Waals surface area (Å²) in [5.74, 6) is 7.40. The van der Waals surface area contributed by atoms with Crippen molar-refractivity contribution in [2.45, 2.75) is 6.67 Å². The Balaban J connectivity index is 0.000000150. The molecule has 0 radical (unpaired) electrons. The third-order valence-electron chi connectivity index (χ3n) is 4.61. The summed E-state index contributed by atoms with van der Waals surface area (Å²) in [4.78, 5) is 34.3. The van der Waals surface area contributed by atoms with E-state index in [4.69, 9.17) is 15.3 Å². The largest absolute Gasteiger partial charge is 0.491 e. The third-order valence-corrected chi connectivity index (χ3v) is 4.61.